The highest BCUT2D eigenvalue weighted by Crippen LogP contribution is 2.23. The number of aliphatic hydroxyl groups excluding tert-OH is 1. The fourth-order valence-corrected chi connectivity index (χ4v) is 3.58. The minimum Gasteiger partial charge on any atom is -0.395 e. The van der Waals surface area contributed by atoms with Crippen LogP contribution in [0.5, 0.6) is 0 Å². The van der Waals surface area contributed by atoms with Crippen LogP contribution in [-0.2, 0) is 17.8 Å². The molecule has 158 valence electrons. The van der Waals surface area contributed by atoms with Gasteiger partial charge in [0.2, 0.25) is 0 Å². The van der Waals surface area contributed by atoms with Crippen molar-refractivity contribution in [1.82, 2.24) is 15.4 Å². The van der Waals surface area contributed by atoms with Crippen LogP contribution in [0.25, 0.3) is 17.0 Å². The first-order chi connectivity index (χ1) is 14.5. The molecule has 0 fully saturated rings. The number of fused-ring (bicyclic) bond motifs is 1. The van der Waals surface area contributed by atoms with Crippen molar-refractivity contribution in [2.24, 2.45) is 0 Å². The second-order valence-electron chi connectivity index (χ2n) is 7.18. The summed E-state index contributed by atoms with van der Waals surface area (Å²) in [5.41, 5.74) is 5.98. The molecule has 6 nitrogen and oxygen atoms in total. The van der Waals surface area contributed by atoms with E-state index in [4.69, 9.17) is 5.21 Å². The number of carbonyl (C=O) groups excluding carboxylic acids is 1. The fraction of sp³-hybridized carbons (Fsp3) is 0.261. The number of benzene rings is 2. The van der Waals surface area contributed by atoms with Gasteiger partial charge in [0.15, 0.2) is 0 Å². The molecule has 1 heterocycles. The first-order valence-electron chi connectivity index (χ1n) is 9.81. The third-order valence-corrected chi connectivity index (χ3v) is 5.13. The summed E-state index contributed by atoms with van der Waals surface area (Å²) in [7, 11) is 0. The smallest absolute Gasteiger partial charge is 0.267 e. The lowest BCUT2D eigenvalue weighted by Crippen LogP contribution is -2.29. The van der Waals surface area contributed by atoms with Crippen molar-refractivity contribution < 1.29 is 19.5 Å². The van der Waals surface area contributed by atoms with Crippen molar-refractivity contribution in [2.75, 3.05) is 19.7 Å². The predicted octanol–water partition coefficient (Wildman–Crippen LogP) is 3.17. The maximum Gasteiger partial charge on any atom is 0.267 e. The lowest BCUT2D eigenvalue weighted by molar-refractivity contribution is -0.124. The number of carbonyl (C=O) groups is 1. The molecule has 0 bridgehead atoms. The van der Waals surface area contributed by atoms with Crippen molar-refractivity contribution in [3.8, 4) is 0 Å². The Labute approximate surface area is 174 Å². The molecule has 0 spiro atoms. The molecular weight excluding hydrogens is 385 g/mol. The number of aromatic amines is 1. The van der Waals surface area contributed by atoms with E-state index in [9.17, 15) is 14.3 Å². The van der Waals surface area contributed by atoms with Crippen LogP contribution in [-0.4, -0.2) is 45.8 Å². The van der Waals surface area contributed by atoms with Gasteiger partial charge in [-0.25, -0.2) is 9.87 Å². The quantitative estimate of drug-likeness (QED) is 0.247. The van der Waals surface area contributed by atoms with Crippen molar-refractivity contribution in [3.63, 3.8) is 0 Å². The number of amides is 1. The minimum absolute atomic E-state index is 0.00835. The molecule has 0 aliphatic carbocycles. The first kappa shape index (κ1) is 21.7. The number of hydroxylamine groups is 1. The Hall–Kier alpha value is -3.00. The summed E-state index contributed by atoms with van der Waals surface area (Å²) in [5.74, 6) is -1.06. The summed E-state index contributed by atoms with van der Waals surface area (Å²) < 4.78 is 14.6. The molecule has 0 radical (unpaired) electrons. The highest BCUT2D eigenvalue weighted by atomic mass is 19.1. The SMILES string of the molecule is Cc1[nH]c2ccccc2c1CCN(CCO)Cc1ccc(C=CC(=O)NO)cc1F. The number of H-pyrrole nitrogens is 1. The predicted molar refractivity (Wildman–Crippen MR) is 114 cm³/mol. The summed E-state index contributed by atoms with van der Waals surface area (Å²) in [6.07, 6.45) is 3.33. The van der Waals surface area contributed by atoms with E-state index in [1.807, 2.05) is 23.1 Å². The van der Waals surface area contributed by atoms with Crippen LogP contribution in [0.1, 0.15) is 22.4 Å². The van der Waals surface area contributed by atoms with E-state index in [0.29, 0.717) is 30.8 Å². The molecule has 0 aliphatic rings. The Morgan fingerprint density at radius 3 is 2.77 bits per heavy atom. The number of aliphatic hydroxyl groups is 1. The summed E-state index contributed by atoms with van der Waals surface area (Å²) in [5, 5.41) is 19.1. The van der Waals surface area contributed by atoms with Crippen LogP contribution in [0.15, 0.2) is 48.5 Å². The van der Waals surface area contributed by atoms with Crippen molar-refractivity contribution >= 4 is 22.9 Å². The van der Waals surface area contributed by atoms with Crippen LogP contribution < -0.4 is 5.48 Å². The zero-order valence-corrected chi connectivity index (χ0v) is 16.9. The average Bonchev–Trinajstić information content (AvgIpc) is 3.07. The number of nitrogens with zero attached hydrogens (tertiary/aromatic N) is 1. The highest BCUT2D eigenvalue weighted by Gasteiger charge is 2.13. The fourth-order valence-electron chi connectivity index (χ4n) is 3.58. The molecular formula is C23H26FN3O3. The van der Waals surface area contributed by atoms with Crippen LogP contribution in [0.2, 0.25) is 0 Å². The molecule has 1 amide bonds. The molecule has 7 heteroatoms. The van der Waals surface area contributed by atoms with Crippen LogP contribution in [0.3, 0.4) is 0 Å². The maximum absolute atomic E-state index is 14.6. The van der Waals surface area contributed by atoms with Crippen LogP contribution >= 0.6 is 0 Å². The minimum atomic E-state index is -0.679. The topological polar surface area (TPSA) is 88.6 Å². The van der Waals surface area contributed by atoms with E-state index in [0.717, 1.165) is 23.7 Å². The molecule has 3 aromatic rings. The molecule has 1 aromatic heterocycles. The van der Waals surface area contributed by atoms with Crippen LogP contribution in [0, 0.1) is 12.7 Å². The number of nitrogens with one attached hydrogen (secondary N) is 2. The van der Waals surface area contributed by atoms with E-state index in [-0.39, 0.29) is 12.4 Å². The molecule has 0 atom stereocenters. The maximum atomic E-state index is 14.6. The van der Waals surface area contributed by atoms with E-state index >= 15 is 0 Å². The Morgan fingerprint density at radius 2 is 2.03 bits per heavy atom. The average molecular weight is 411 g/mol. The van der Waals surface area contributed by atoms with Gasteiger partial charge in [-0.1, -0.05) is 30.3 Å². The summed E-state index contributed by atoms with van der Waals surface area (Å²) in [4.78, 5) is 16.5. The first-order valence-corrected chi connectivity index (χ1v) is 9.81. The monoisotopic (exact) mass is 411 g/mol. The number of aryl methyl sites for hydroxylation is 1. The molecule has 2 aromatic carbocycles. The van der Waals surface area contributed by atoms with E-state index in [1.54, 1.807) is 12.1 Å². The largest absolute Gasteiger partial charge is 0.395 e. The zero-order chi connectivity index (χ0) is 21.5. The van der Waals surface area contributed by atoms with Gasteiger partial charge >= 0.3 is 0 Å². The van der Waals surface area contributed by atoms with Gasteiger partial charge in [0.25, 0.3) is 5.91 Å². The van der Waals surface area contributed by atoms with Gasteiger partial charge in [0.1, 0.15) is 5.82 Å². The van der Waals surface area contributed by atoms with Gasteiger partial charge in [0, 0.05) is 47.9 Å². The lowest BCUT2D eigenvalue weighted by atomic mass is 10.1. The summed E-state index contributed by atoms with van der Waals surface area (Å²) in [6.45, 7) is 3.54. The summed E-state index contributed by atoms with van der Waals surface area (Å²) in [6, 6.07) is 12.9. The van der Waals surface area contributed by atoms with Gasteiger partial charge in [-0.15, -0.1) is 0 Å². The molecule has 30 heavy (non-hydrogen) atoms. The number of rotatable bonds is 9. The number of para-hydroxylation sites is 1. The number of halogens is 1. The van der Waals surface area contributed by atoms with Gasteiger partial charge < -0.3 is 10.1 Å². The highest BCUT2D eigenvalue weighted by molar-refractivity contribution is 5.90. The van der Waals surface area contributed by atoms with E-state index in [1.165, 1.54) is 28.6 Å². The molecule has 0 saturated carbocycles. The number of hydrogen-bond acceptors (Lipinski definition) is 4. The van der Waals surface area contributed by atoms with E-state index < -0.39 is 5.91 Å². The molecule has 4 N–H and O–H groups in total. The second-order valence-corrected chi connectivity index (χ2v) is 7.18. The van der Waals surface area contributed by atoms with Crippen molar-refractivity contribution in [2.45, 2.75) is 19.9 Å². The van der Waals surface area contributed by atoms with E-state index in [2.05, 4.69) is 18.0 Å². The number of hydrogen-bond donors (Lipinski definition) is 4. The Kier molecular flexibility index (Phi) is 7.35. The third-order valence-electron chi connectivity index (χ3n) is 5.13. The second kappa shape index (κ2) is 10.2. The third kappa shape index (κ3) is 5.33. The molecule has 3 rings (SSSR count). The Morgan fingerprint density at radius 1 is 1.23 bits per heavy atom. The zero-order valence-electron chi connectivity index (χ0n) is 16.9. The lowest BCUT2D eigenvalue weighted by Gasteiger charge is -2.22. The number of aromatic nitrogens is 1. The Balaban J connectivity index is 1.70. The van der Waals surface area contributed by atoms with Gasteiger partial charge in [-0.2, -0.15) is 0 Å². The van der Waals surface area contributed by atoms with Crippen molar-refractivity contribution in [3.05, 3.63) is 76.7 Å². The molecule has 0 aliphatic heterocycles. The van der Waals surface area contributed by atoms with Gasteiger partial charge in [-0.3, -0.25) is 14.9 Å². The normalized spacial score (nSPS) is 11.6. The Bertz CT molecular complexity index is 1050. The standard InChI is InChI=1S/C23H26FN3O3/c1-16-19(20-4-2-3-5-22(20)25-16)10-11-27(12-13-28)15-18-8-6-17(14-21(18)24)7-9-23(29)26-30/h2-9,14,25,28,30H,10-13,15H2,1H3,(H,26,29). The van der Waals surface area contributed by atoms with Crippen LogP contribution in [0.4, 0.5) is 4.39 Å². The molecule has 0 unspecified atom stereocenters. The molecule has 0 saturated heterocycles. The summed E-state index contributed by atoms with van der Waals surface area (Å²) >= 11 is 0. The van der Waals surface area contributed by atoms with Crippen molar-refractivity contribution in [1.29, 1.82) is 0 Å². The van der Waals surface area contributed by atoms with Gasteiger partial charge in [-0.05, 0) is 42.7 Å². The van der Waals surface area contributed by atoms with Gasteiger partial charge in [0.05, 0.1) is 6.61 Å².